The van der Waals surface area contributed by atoms with Gasteiger partial charge in [0.15, 0.2) is 0 Å². The Morgan fingerprint density at radius 3 is 2.97 bits per heavy atom. The maximum atomic E-state index is 12.2. The van der Waals surface area contributed by atoms with E-state index in [2.05, 4.69) is 27.3 Å². The highest BCUT2D eigenvalue weighted by atomic mass is 16.5. The number of benzene rings is 1. The number of hydrogen-bond acceptors (Lipinski definition) is 5. The van der Waals surface area contributed by atoms with Crippen molar-refractivity contribution >= 4 is 11.6 Å². The fourth-order valence-electron chi connectivity index (χ4n) is 3.62. The van der Waals surface area contributed by atoms with Gasteiger partial charge in [0.05, 0.1) is 6.61 Å². The molecule has 0 spiro atoms. The Morgan fingerprint density at radius 2 is 2.14 bits per heavy atom. The van der Waals surface area contributed by atoms with Crippen molar-refractivity contribution in [3.8, 4) is 5.75 Å². The smallest absolute Gasteiger partial charge is 0.246 e. The standard InChI is InChI=1S/C23H29N3O3/c27-23(17-28-15-18-8-9-18)25-20-5-3-11-26(14-20)21-6-1-7-22(12-21)29-16-19-4-2-10-24-13-19/h1-2,4,6-7,10,12-13,18,20H,3,5,8-9,11,14-17H2,(H,25,27)/t20-/m0/s1. The van der Waals surface area contributed by atoms with Crippen LogP contribution < -0.4 is 15.0 Å². The molecule has 1 saturated carbocycles. The topological polar surface area (TPSA) is 63.7 Å². The molecule has 2 aliphatic rings. The van der Waals surface area contributed by atoms with E-state index < -0.39 is 0 Å². The van der Waals surface area contributed by atoms with Crippen molar-refractivity contribution in [3.05, 3.63) is 54.4 Å². The predicted octanol–water partition coefficient (Wildman–Crippen LogP) is 3.17. The fraction of sp³-hybridized carbons (Fsp3) is 0.478. The summed E-state index contributed by atoms with van der Waals surface area (Å²) in [5.74, 6) is 1.51. The van der Waals surface area contributed by atoms with Gasteiger partial charge in [-0.1, -0.05) is 12.1 Å². The maximum absolute atomic E-state index is 12.2. The molecule has 4 rings (SSSR count). The summed E-state index contributed by atoms with van der Waals surface area (Å²) in [6.07, 6.45) is 8.11. The zero-order chi connectivity index (χ0) is 19.9. The van der Waals surface area contributed by atoms with Crippen LogP contribution in [0.4, 0.5) is 5.69 Å². The lowest BCUT2D eigenvalue weighted by Crippen LogP contribution is -2.48. The number of hydrogen-bond donors (Lipinski definition) is 1. The normalized spacial score (nSPS) is 19.0. The second-order valence-corrected chi connectivity index (χ2v) is 7.96. The van der Waals surface area contributed by atoms with Gasteiger partial charge in [-0.3, -0.25) is 9.78 Å². The molecule has 1 atom stereocenters. The third kappa shape index (κ3) is 6.19. The van der Waals surface area contributed by atoms with Crippen molar-refractivity contribution in [1.82, 2.24) is 10.3 Å². The minimum atomic E-state index is -0.00828. The molecule has 1 N–H and O–H groups in total. The summed E-state index contributed by atoms with van der Waals surface area (Å²) < 4.78 is 11.4. The molecule has 1 aromatic heterocycles. The predicted molar refractivity (Wildman–Crippen MR) is 112 cm³/mol. The molecular weight excluding hydrogens is 366 g/mol. The molecule has 2 fully saturated rings. The Labute approximate surface area is 172 Å². The number of nitrogens with one attached hydrogen (secondary N) is 1. The number of carbonyl (C=O) groups is 1. The van der Waals surface area contributed by atoms with E-state index >= 15 is 0 Å². The number of amides is 1. The zero-order valence-electron chi connectivity index (χ0n) is 16.8. The van der Waals surface area contributed by atoms with Crippen molar-refractivity contribution in [2.45, 2.75) is 38.3 Å². The first kappa shape index (κ1) is 19.7. The largest absolute Gasteiger partial charge is 0.489 e. The number of carbonyl (C=O) groups excluding carboxylic acids is 1. The summed E-state index contributed by atoms with van der Waals surface area (Å²) in [6, 6.07) is 12.2. The first-order chi connectivity index (χ1) is 14.3. The molecule has 2 aromatic rings. The molecule has 1 amide bonds. The summed E-state index contributed by atoms with van der Waals surface area (Å²) in [4.78, 5) is 18.6. The average Bonchev–Trinajstić information content (AvgIpc) is 3.58. The number of anilines is 1. The molecule has 2 heterocycles. The van der Waals surface area contributed by atoms with Crippen LogP contribution in [0.15, 0.2) is 48.8 Å². The van der Waals surface area contributed by atoms with Crippen LogP contribution in [0.25, 0.3) is 0 Å². The molecule has 1 saturated heterocycles. The van der Waals surface area contributed by atoms with Crippen molar-refractivity contribution in [1.29, 1.82) is 0 Å². The zero-order valence-corrected chi connectivity index (χ0v) is 16.8. The molecule has 6 heteroatoms. The van der Waals surface area contributed by atoms with E-state index in [0.717, 1.165) is 49.5 Å². The lowest BCUT2D eigenvalue weighted by Gasteiger charge is -2.35. The quantitative estimate of drug-likeness (QED) is 0.707. The number of nitrogens with zero attached hydrogens (tertiary/aromatic N) is 2. The van der Waals surface area contributed by atoms with Gasteiger partial charge in [0, 0.05) is 48.8 Å². The number of pyridine rings is 1. The van der Waals surface area contributed by atoms with E-state index in [-0.39, 0.29) is 18.6 Å². The monoisotopic (exact) mass is 395 g/mol. The van der Waals surface area contributed by atoms with Crippen LogP contribution in [0.5, 0.6) is 5.75 Å². The lowest BCUT2D eigenvalue weighted by molar-refractivity contribution is -0.126. The highest BCUT2D eigenvalue weighted by molar-refractivity contribution is 5.77. The van der Waals surface area contributed by atoms with E-state index in [9.17, 15) is 4.79 Å². The van der Waals surface area contributed by atoms with Gasteiger partial charge >= 0.3 is 0 Å². The summed E-state index contributed by atoms with van der Waals surface area (Å²) in [7, 11) is 0. The number of ether oxygens (including phenoxy) is 2. The van der Waals surface area contributed by atoms with Gasteiger partial charge in [0.25, 0.3) is 0 Å². The molecule has 154 valence electrons. The van der Waals surface area contributed by atoms with Gasteiger partial charge in [-0.25, -0.2) is 0 Å². The molecule has 0 bridgehead atoms. The van der Waals surface area contributed by atoms with Crippen molar-refractivity contribution in [3.63, 3.8) is 0 Å². The molecule has 1 aliphatic heterocycles. The van der Waals surface area contributed by atoms with E-state index in [0.29, 0.717) is 12.5 Å². The Balaban J connectivity index is 1.27. The minimum absolute atomic E-state index is 0.00828. The molecule has 29 heavy (non-hydrogen) atoms. The van der Waals surface area contributed by atoms with Gasteiger partial charge in [0.2, 0.25) is 5.91 Å². The Kier molecular flexibility index (Phi) is 6.62. The maximum Gasteiger partial charge on any atom is 0.246 e. The van der Waals surface area contributed by atoms with Gasteiger partial charge in [-0.05, 0) is 49.8 Å². The van der Waals surface area contributed by atoms with Crippen LogP contribution >= 0.6 is 0 Å². The van der Waals surface area contributed by atoms with Crippen LogP contribution in [-0.4, -0.2) is 43.2 Å². The fourth-order valence-corrected chi connectivity index (χ4v) is 3.62. The Hall–Kier alpha value is -2.60. The molecule has 1 aliphatic carbocycles. The molecule has 0 radical (unpaired) electrons. The summed E-state index contributed by atoms with van der Waals surface area (Å²) >= 11 is 0. The Bertz CT molecular complexity index is 795. The lowest BCUT2D eigenvalue weighted by atomic mass is 10.0. The third-order valence-corrected chi connectivity index (χ3v) is 5.38. The SMILES string of the molecule is O=C(COCC1CC1)N[C@H]1CCCN(c2cccc(OCc3cccnc3)c2)C1. The molecule has 0 unspecified atom stereocenters. The highest BCUT2D eigenvalue weighted by Gasteiger charge is 2.24. The van der Waals surface area contributed by atoms with E-state index in [1.165, 1.54) is 12.8 Å². The van der Waals surface area contributed by atoms with E-state index in [4.69, 9.17) is 9.47 Å². The third-order valence-electron chi connectivity index (χ3n) is 5.38. The van der Waals surface area contributed by atoms with Crippen LogP contribution in [0, 0.1) is 5.92 Å². The summed E-state index contributed by atoms with van der Waals surface area (Å²) in [5, 5.41) is 3.13. The molecule has 1 aromatic carbocycles. The number of aromatic nitrogens is 1. The molecule has 6 nitrogen and oxygen atoms in total. The van der Waals surface area contributed by atoms with Crippen LogP contribution in [0.1, 0.15) is 31.2 Å². The van der Waals surface area contributed by atoms with E-state index in [1.54, 1.807) is 6.20 Å². The van der Waals surface area contributed by atoms with Gasteiger partial charge in [0.1, 0.15) is 19.0 Å². The van der Waals surface area contributed by atoms with Gasteiger partial charge in [-0.15, -0.1) is 0 Å². The first-order valence-corrected chi connectivity index (χ1v) is 10.5. The number of piperidine rings is 1. The second-order valence-electron chi connectivity index (χ2n) is 7.96. The Morgan fingerprint density at radius 1 is 1.21 bits per heavy atom. The average molecular weight is 396 g/mol. The first-order valence-electron chi connectivity index (χ1n) is 10.5. The van der Waals surface area contributed by atoms with Crippen molar-refractivity contribution < 1.29 is 14.3 Å². The van der Waals surface area contributed by atoms with Crippen LogP contribution in [-0.2, 0) is 16.1 Å². The summed E-state index contributed by atoms with van der Waals surface area (Å²) in [6.45, 7) is 3.18. The van der Waals surface area contributed by atoms with Crippen molar-refractivity contribution in [2.75, 3.05) is 31.2 Å². The molecular formula is C23H29N3O3. The van der Waals surface area contributed by atoms with Crippen LogP contribution in [0.3, 0.4) is 0 Å². The van der Waals surface area contributed by atoms with Gasteiger partial charge < -0.3 is 19.7 Å². The summed E-state index contributed by atoms with van der Waals surface area (Å²) in [5.41, 5.74) is 2.17. The van der Waals surface area contributed by atoms with E-state index in [1.807, 2.05) is 30.5 Å². The highest BCUT2D eigenvalue weighted by Crippen LogP contribution is 2.28. The van der Waals surface area contributed by atoms with Crippen LogP contribution in [0.2, 0.25) is 0 Å². The minimum Gasteiger partial charge on any atom is -0.489 e. The van der Waals surface area contributed by atoms with Gasteiger partial charge in [-0.2, -0.15) is 0 Å². The number of rotatable bonds is 9. The second kappa shape index (κ2) is 9.74. The van der Waals surface area contributed by atoms with Crippen molar-refractivity contribution in [2.24, 2.45) is 5.92 Å².